The second-order valence-electron chi connectivity index (χ2n) is 1.96. The van der Waals surface area contributed by atoms with Crippen LogP contribution in [0.4, 0.5) is 0 Å². The Morgan fingerprint density at radius 2 is 2.00 bits per heavy atom. The van der Waals surface area contributed by atoms with E-state index in [2.05, 4.69) is 9.78 Å². The largest absolute Gasteiger partial charge is 0.376 e. The fourth-order valence-corrected chi connectivity index (χ4v) is 0.757. The summed E-state index contributed by atoms with van der Waals surface area (Å²) in [7, 11) is 0. The Morgan fingerprint density at radius 1 is 1.33 bits per heavy atom. The van der Waals surface area contributed by atoms with Crippen LogP contribution in [0.2, 0.25) is 0 Å². The van der Waals surface area contributed by atoms with Crippen molar-refractivity contribution in [3.8, 4) is 5.75 Å². The van der Waals surface area contributed by atoms with Crippen molar-refractivity contribution in [2.45, 2.75) is 0 Å². The highest BCUT2D eigenvalue weighted by molar-refractivity contribution is 5.91. The van der Waals surface area contributed by atoms with Gasteiger partial charge >= 0.3 is 5.97 Å². The molecule has 0 bridgehead atoms. The Bertz CT molecular complexity index is 283. The monoisotopic (exact) mass is 169 g/mol. The van der Waals surface area contributed by atoms with Gasteiger partial charge in [-0.15, -0.1) is 0 Å². The average molecular weight is 169 g/mol. The Labute approximate surface area is 67.6 Å². The predicted octanol–water partition coefficient (Wildman–Crippen LogP) is 1.04. The third-order valence-corrected chi connectivity index (χ3v) is 1.28. The van der Waals surface area contributed by atoms with Crippen LogP contribution in [0.3, 0.4) is 0 Å². The molecule has 0 atom stereocenters. The van der Waals surface area contributed by atoms with Gasteiger partial charge in [-0.05, 0) is 12.1 Å². The van der Waals surface area contributed by atoms with E-state index in [0.717, 1.165) is 0 Å². The lowest BCUT2D eigenvalue weighted by atomic mass is 10.2. The summed E-state index contributed by atoms with van der Waals surface area (Å²) in [6.45, 7) is 0. The van der Waals surface area contributed by atoms with E-state index in [9.17, 15) is 10.1 Å². The summed E-state index contributed by atoms with van der Waals surface area (Å²) in [6.07, 6.45) is 0. The molecule has 0 saturated heterocycles. The molecule has 1 radical (unpaired) electrons. The van der Waals surface area contributed by atoms with Crippen molar-refractivity contribution in [3.63, 3.8) is 0 Å². The maximum absolute atomic E-state index is 10.7. The molecule has 5 heteroatoms. The molecule has 0 fully saturated rings. The number of hydrogen-bond acceptors (Lipinski definition) is 4. The van der Waals surface area contributed by atoms with Crippen LogP contribution in [0, 0.1) is 0 Å². The lowest BCUT2D eigenvalue weighted by Gasteiger charge is -1.99. The van der Waals surface area contributed by atoms with Gasteiger partial charge in [0.05, 0.1) is 0 Å². The second kappa shape index (κ2) is 3.70. The molecule has 1 aromatic rings. The highest BCUT2D eigenvalue weighted by atomic mass is 17.1. The standard InChI is InChI=1S/C7H5O5/c8-7(12-10)5-3-1-2-4-6(5)11-9/h1-4,10H. The maximum atomic E-state index is 10.7. The molecule has 0 aromatic heterocycles. The van der Waals surface area contributed by atoms with Crippen molar-refractivity contribution < 1.29 is 25.1 Å². The lowest BCUT2D eigenvalue weighted by molar-refractivity contribution is -0.210. The summed E-state index contributed by atoms with van der Waals surface area (Å²) in [5.41, 5.74) is -0.116. The lowest BCUT2D eigenvalue weighted by Crippen LogP contribution is -2.03. The Morgan fingerprint density at radius 3 is 2.58 bits per heavy atom. The second-order valence-corrected chi connectivity index (χ2v) is 1.96. The number of para-hydroxylation sites is 1. The Hall–Kier alpha value is -1.59. The minimum absolute atomic E-state index is 0.116. The van der Waals surface area contributed by atoms with Gasteiger partial charge in [-0.3, -0.25) is 4.89 Å². The van der Waals surface area contributed by atoms with Crippen molar-refractivity contribution in [2.75, 3.05) is 0 Å². The topological polar surface area (TPSA) is 75.7 Å². The zero-order valence-electron chi connectivity index (χ0n) is 5.89. The molecule has 0 saturated carbocycles. The van der Waals surface area contributed by atoms with Crippen LogP contribution < -0.4 is 4.89 Å². The molecule has 0 amide bonds. The van der Waals surface area contributed by atoms with Crippen molar-refractivity contribution in [1.82, 2.24) is 0 Å². The molecule has 12 heavy (non-hydrogen) atoms. The molecule has 0 aliphatic carbocycles. The van der Waals surface area contributed by atoms with Crippen LogP contribution >= 0.6 is 0 Å². The first-order valence-electron chi connectivity index (χ1n) is 3.04. The summed E-state index contributed by atoms with van der Waals surface area (Å²) >= 11 is 0. The third kappa shape index (κ3) is 1.52. The van der Waals surface area contributed by atoms with Gasteiger partial charge in [0.1, 0.15) is 5.56 Å². The quantitative estimate of drug-likeness (QED) is 0.530. The Balaban J connectivity index is 3.04. The molecule has 5 nitrogen and oxygen atoms in total. The van der Waals surface area contributed by atoms with E-state index in [4.69, 9.17) is 5.26 Å². The molecular formula is C7H5O5. The summed E-state index contributed by atoms with van der Waals surface area (Å²) in [5, 5.41) is 18.0. The summed E-state index contributed by atoms with van der Waals surface area (Å²) in [4.78, 5) is 17.7. The third-order valence-electron chi connectivity index (χ3n) is 1.28. The first-order valence-corrected chi connectivity index (χ1v) is 3.04. The van der Waals surface area contributed by atoms with Gasteiger partial charge in [0, 0.05) is 5.26 Å². The zero-order valence-corrected chi connectivity index (χ0v) is 5.89. The fourth-order valence-electron chi connectivity index (χ4n) is 0.757. The maximum Gasteiger partial charge on any atom is 0.376 e. The van der Waals surface area contributed by atoms with E-state index in [1.54, 1.807) is 0 Å². The van der Waals surface area contributed by atoms with Gasteiger partial charge in [-0.1, -0.05) is 12.1 Å². The molecule has 0 spiro atoms. The fraction of sp³-hybridized carbons (Fsp3) is 0. The van der Waals surface area contributed by atoms with Gasteiger partial charge in [-0.25, -0.2) is 4.79 Å². The van der Waals surface area contributed by atoms with Crippen LogP contribution in [-0.4, -0.2) is 11.2 Å². The van der Waals surface area contributed by atoms with Crippen molar-refractivity contribution in [1.29, 1.82) is 0 Å². The molecule has 63 valence electrons. The predicted molar refractivity (Wildman–Crippen MR) is 35.8 cm³/mol. The van der Waals surface area contributed by atoms with E-state index >= 15 is 0 Å². The van der Waals surface area contributed by atoms with E-state index in [-0.39, 0.29) is 11.3 Å². The van der Waals surface area contributed by atoms with Crippen LogP contribution in [0.5, 0.6) is 5.75 Å². The Kier molecular flexibility index (Phi) is 2.62. The highest BCUT2D eigenvalue weighted by Gasteiger charge is 2.13. The van der Waals surface area contributed by atoms with Crippen molar-refractivity contribution in [2.24, 2.45) is 0 Å². The number of rotatable bonds is 2. The summed E-state index contributed by atoms with van der Waals surface area (Å²) in [5.74, 6) is -1.21. The van der Waals surface area contributed by atoms with Crippen LogP contribution in [0.25, 0.3) is 0 Å². The minimum Gasteiger partial charge on any atom is -0.305 e. The minimum atomic E-state index is -1.03. The van der Waals surface area contributed by atoms with Crippen LogP contribution in [0.15, 0.2) is 24.3 Å². The average Bonchev–Trinajstić information content (AvgIpc) is 2.16. The summed E-state index contributed by atoms with van der Waals surface area (Å²) < 4.78 is 0. The van der Waals surface area contributed by atoms with Crippen molar-refractivity contribution >= 4 is 5.97 Å². The molecule has 0 unspecified atom stereocenters. The van der Waals surface area contributed by atoms with E-state index < -0.39 is 5.97 Å². The first-order chi connectivity index (χ1) is 5.79. The van der Waals surface area contributed by atoms with Gasteiger partial charge in [-0.2, -0.15) is 5.26 Å². The van der Waals surface area contributed by atoms with E-state index in [0.29, 0.717) is 0 Å². The summed E-state index contributed by atoms with van der Waals surface area (Å²) in [6, 6.07) is 5.61. The highest BCUT2D eigenvalue weighted by Crippen LogP contribution is 2.17. The number of benzene rings is 1. The molecular weight excluding hydrogens is 164 g/mol. The van der Waals surface area contributed by atoms with Gasteiger partial charge in [0.2, 0.25) is 0 Å². The number of carbonyl (C=O) groups excluding carboxylic acids is 1. The van der Waals surface area contributed by atoms with Crippen LogP contribution in [-0.2, 0) is 10.1 Å². The number of hydrogen-bond donors (Lipinski definition) is 1. The number of carbonyl (C=O) groups is 1. The van der Waals surface area contributed by atoms with Crippen LogP contribution in [0.1, 0.15) is 10.4 Å². The van der Waals surface area contributed by atoms with E-state index in [1.165, 1.54) is 24.3 Å². The molecule has 1 N–H and O–H groups in total. The van der Waals surface area contributed by atoms with E-state index in [1.807, 2.05) is 0 Å². The van der Waals surface area contributed by atoms with Gasteiger partial charge in [0.15, 0.2) is 5.75 Å². The van der Waals surface area contributed by atoms with Gasteiger partial charge in [0.25, 0.3) is 0 Å². The SMILES string of the molecule is [O]Oc1ccccc1C(=O)OO. The molecule has 0 aliphatic heterocycles. The van der Waals surface area contributed by atoms with Crippen molar-refractivity contribution in [3.05, 3.63) is 29.8 Å². The molecule has 0 aliphatic rings. The normalized spacial score (nSPS) is 9.17. The molecule has 0 heterocycles. The molecule has 1 aromatic carbocycles. The zero-order chi connectivity index (χ0) is 8.97. The van der Waals surface area contributed by atoms with Gasteiger partial charge < -0.3 is 4.89 Å². The first kappa shape index (κ1) is 8.51. The smallest absolute Gasteiger partial charge is 0.305 e. The molecule has 1 rings (SSSR count).